The fraction of sp³-hybridized carbons (Fsp3) is 0.429. The van der Waals surface area contributed by atoms with Crippen LogP contribution in [0.1, 0.15) is 30.7 Å². The fourth-order valence-corrected chi connectivity index (χ4v) is 5.68. The van der Waals surface area contributed by atoms with E-state index in [9.17, 15) is 26.4 Å². The number of carbonyl (C=O) groups is 1. The highest BCUT2D eigenvalue weighted by molar-refractivity contribution is 7.90. The molecule has 0 bridgehead atoms. The minimum atomic E-state index is -4.71. The Bertz CT molecular complexity index is 1190. The summed E-state index contributed by atoms with van der Waals surface area (Å²) in [5, 5.41) is 0.499. The van der Waals surface area contributed by atoms with Gasteiger partial charge in [-0.15, -0.1) is 0 Å². The number of benzene rings is 1. The lowest BCUT2D eigenvalue weighted by atomic mass is 10.1. The molecule has 1 aromatic carbocycles. The molecule has 0 saturated carbocycles. The highest BCUT2D eigenvalue weighted by Gasteiger charge is 2.50. The standard InChI is InChI=1S/C21H24ClF3N4O3S/c1-12(2)28-11-18(20(30)27(5)16-6-7-17(22)13(3)8-16)29(33(28,31)32)19-10-15(21(23,24)25)9-14(4)26-19/h6-10,12,18H,11H2,1-5H3/t18-/m0/s1. The van der Waals surface area contributed by atoms with Crippen LogP contribution in [0.4, 0.5) is 24.7 Å². The molecule has 33 heavy (non-hydrogen) atoms. The molecule has 0 unspecified atom stereocenters. The molecule has 2 heterocycles. The van der Waals surface area contributed by atoms with Gasteiger partial charge in [0.2, 0.25) is 0 Å². The zero-order valence-electron chi connectivity index (χ0n) is 18.7. The number of aryl methyl sites for hydroxylation is 2. The van der Waals surface area contributed by atoms with E-state index in [1.165, 1.54) is 18.9 Å². The van der Waals surface area contributed by atoms with E-state index in [1.807, 2.05) is 0 Å². The lowest BCUT2D eigenvalue weighted by Crippen LogP contribution is -2.47. The van der Waals surface area contributed by atoms with E-state index in [4.69, 9.17) is 11.6 Å². The van der Waals surface area contributed by atoms with Crippen molar-refractivity contribution in [3.8, 4) is 0 Å². The van der Waals surface area contributed by atoms with Crippen LogP contribution in [0.5, 0.6) is 0 Å². The molecule has 12 heteroatoms. The van der Waals surface area contributed by atoms with Crippen LogP contribution in [0.2, 0.25) is 5.02 Å². The SMILES string of the molecule is Cc1cc(C(F)(F)F)cc(N2[C@H](C(=O)N(C)c3ccc(Cl)c(C)c3)CN(C(C)C)S2(=O)=O)n1. The zero-order chi connectivity index (χ0) is 24.9. The molecular weight excluding hydrogens is 481 g/mol. The van der Waals surface area contributed by atoms with Crippen molar-refractivity contribution in [1.82, 2.24) is 9.29 Å². The number of rotatable bonds is 4. The number of carbonyl (C=O) groups excluding carboxylic acids is 1. The van der Waals surface area contributed by atoms with Gasteiger partial charge >= 0.3 is 16.4 Å². The van der Waals surface area contributed by atoms with Gasteiger partial charge in [0.25, 0.3) is 5.91 Å². The first-order valence-corrected chi connectivity index (χ1v) is 11.8. The number of halogens is 4. The summed E-state index contributed by atoms with van der Waals surface area (Å²) in [6.45, 7) is 6.11. The first-order chi connectivity index (χ1) is 15.1. The van der Waals surface area contributed by atoms with E-state index < -0.39 is 45.8 Å². The molecule has 1 aliphatic heterocycles. The number of aromatic nitrogens is 1. The molecule has 0 spiro atoms. The molecule has 1 aliphatic rings. The van der Waals surface area contributed by atoms with Crippen molar-refractivity contribution in [3.63, 3.8) is 0 Å². The number of hydrogen-bond acceptors (Lipinski definition) is 4. The number of anilines is 2. The van der Waals surface area contributed by atoms with E-state index in [1.54, 1.807) is 39.0 Å². The Labute approximate surface area is 195 Å². The third-order valence-electron chi connectivity index (χ3n) is 5.39. The van der Waals surface area contributed by atoms with Gasteiger partial charge in [-0.05, 0) is 63.6 Å². The number of nitrogens with zero attached hydrogens (tertiary/aromatic N) is 4. The molecule has 7 nitrogen and oxygen atoms in total. The van der Waals surface area contributed by atoms with E-state index in [0.717, 1.165) is 10.4 Å². The summed E-state index contributed by atoms with van der Waals surface area (Å²) >= 11 is 6.06. The molecule has 1 atom stereocenters. The van der Waals surface area contributed by atoms with Crippen LogP contribution in [0, 0.1) is 13.8 Å². The van der Waals surface area contributed by atoms with Crippen molar-refractivity contribution >= 4 is 39.2 Å². The highest BCUT2D eigenvalue weighted by Crippen LogP contribution is 2.36. The minimum Gasteiger partial charge on any atom is -0.314 e. The zero-order valence-corrected chi connectivity index (χ0v) is 20.3. The molecule has 1 fully saturated rings. The van der Waals surface area contributed by atoms with Crippen LogP contribution in [0.15, 0.2) is 30.3 Å². The Morgan fingerprint density at radius 1 is 1.21 bits per heavy atom. The molecule has 1 aromatic heterocycles. The van der Waals surface area contributed by atoms with Gasteiger partial charge in [0, 0.05) is 36.0 Å². The third kappa shape index (κ3) is 4.80. The first kappa shape index (κ1) is 25.3. The maximum atomic E-state index is 13.5. The van der Waals surface area contributed by atoms with Gasteiger partial charge in [-0.2, -0.15) is 25.9 Å². The summed E-state index contributed by atoms with van der Waals surface area (Å²) in [6.07, 6.45) is -4.71. The summed E-state index contributed by atoms with van der Waals surface area (Å²) in [5.74, 6) is -1.06. The Hall–Kier alpha value is -2.37. The van der Waals surface area contributed by atoms with Crippen LogP contribution >= 0.6 is 11.6 Å². The van der Waals surface area contributed by atoms with Crippen molar-refractivity contribution in [1.29, 1.82) is 0 Å². The normalized spacial score (nSPS) is 18.7. The topological polar surface area (TPSA) is 73.8 Å². The van der Waals surface area contributed by atoms with E-state index >= 15 is 0 Å². The number of hydrogen-bond donors (Lipinski definition) is 0. The van der Waals surface area contributed by atoms with Gasteiger partial charge in [0.15, 0.2) is 0 Å². The number of alkyl halides is 3. The molecule has 0 N–H and O–H groups in total. The molecule has 2 aromatic rings. The lowest BCUT2D eigenvalue weighted by molar-refractivity contribution is -0.137. The maximum absolute atomic E-state index is 13.5. The number of likely N-dealkylation sites (N-methyl/N-ethyl adjacent to an activating group) is 1. The first-order valence-electron chi connectivity index (χ1n) is 10.1. The smallest absolute Gasteiger partial charge is 0.314 e. The van der Waals surface area contributed by atoms with Crippen molar-refractivity contribution in [2.24, 2.45) is 0 Å². The Morgan fingerprint density at radius 3 is 2.39 bits per heavy atom. The monoisotopic (exact) mass is 504 g/mol. The van der Waals surface area contributed by atoms with E-state index in [0.29, 0.717) is 26.6 Å². The van der Waals surface area contributed by atoms with Gasteiger partial charge in [-0.3, -0.25) is 4.79 Å². The third-order valence-corrected chi connectivity index (χ3v) is 7.92. The van der Waals surface area contributed by atoms with Gasteiger partial charge in [-0.25, -0.2) is 9.29 Å². The van der Waals surface area contributed by atoms with Gasteiger partial charge in [0.1, 0.15) is 11.9 Å². The van der Waals surface area contributed by atoms with Crippen LogP contribution in [0.3, 0.4) is 0 Å². The van der Waals surface area contributed by atoms with Crippen LogP contribution in [-0.2, 0) is 21.2 Å². The molecule has 0 radical (unpaired) electrons. The van der Waals surface area contributed by atoms with Crippen LogP contribution < -0.4 is 9.21 Å². The summed E-state index contributed by atoms with van der Waals surface area (Å²) < 4.78 is 68.7. The lowest BCUT2D eigenvalue weighted by Gasteiger charge is -2.27. The molecule has 0 aliphatic carbocycles. The van der Waals surface area contributed by atoms with E-state index in [2.05, 4.69) is 4.98 Å². The molecule has 1 saturated heterocycles. The van der Waals surface area contributed by atoms with Crippen molar-refractivity contribution in [3.05, 3.63) is 52.2 Å². The average Bonchev–Trinajstić information content (AvgIpc) is 2.99. The highest BCUT2D eigenvalue weighted by atomic mass is 35.5. The van der Waals surface area contributed by atoms with E-state index in [-0.39, 0.29) is 12.2 Å². The fourth-order valence-electron chi connectivity index (χ4n) is 3.66. The van der Waals surface area contributed by atoms with Crippen LogP contribution in [-0.4, -0.2) is 49.3 Å². The summed E-state index contributed by atoms with van der Waals surface area (Å²) in [6, 6.07) is 4.53. The average molecular weight is 505 g/mol. The predicted octanol–water partition coefficient (Wildman–Crippen LogP) is 4.18. The van der Waals surface area contributed by atoms with Gasteiger partial charge in [-0.1, -0.05) is 11.6 Å². The number of amides is 1. The Morgan fingerprint density at radius 2 is 1.85 bits per heavy atom. The number of pyridine rings is 1. The second-order valence-electron chi connectivity index (χ2n) is 8.17. The largest absolute Gasteiger partial charge is 0.416 e. The quantitative estimate of drug-likeness (QED) is 0.626. The Kier molecular flexibility index (Phi) is 6.71. The van der Waals surface area contributed by atoms with Crippen molar-refractivity contribution in [2.75, 3.05) is 22.8 Å². The van der Waals surface area contributed by atoms with Crippen LogP contribution in [0.25, 0.3) is 0 Å². The molecule has 3 rings (SSSR count). The molecule has 180 valence electrons. The summed E-state index contributed by atoms with van der Waals surface area (Å²) in [4.78, 5) is 18.8. The predicted molar refractivity (Wildman–Crippen MR) is 121 cm³/mol. The van der Waals surface area contributed by atoms with Crippen molar-refractivity contribution < 1.29 is 26.4 Å². The molecule has 1 amide bonds. The summed E-state index contributed by atoms with van der Waals surface area (Å²) in [7, 11) is -2.84. The Balaban J connectivity index is 2.12. The second kappa shape index (κ2) is 8.77. The second-order valence-corrected chi connectivity index (χ2v) is 10.3. The van der Waals surface area contributed by atoms with Gasteiger partial charge in [0.05, 0.1) is 5.56 Å². The van der Waals surface area contributed by atoms with Crippen molar-refractivity contribution in [2.45, 2.75) is 46.0 Å². The van der Waals surface area contributed by atoms with Gasteiger partial charge < -0.3 is 4.90 Å². The maximum Gasteiger partial charge on any atom is 0.416 e. The summed E-state index contributed by atoms with van der Waals surface area (Å²) in [5.41, 5.74) is 0.112. The minimum absolute atomic E-state index is 0.0223. The molecular formula is C21H24ClF3N4O3S.